The lowest BCUT2D eigenvalue weighted by Gasteiger charge is -1.98. The molecule has 7 heteroatoms. The highest BCUT2D eigenvalue weighted by Crippen LogP contribution is 2.21. The van der Waals surface area contributed by atoms with Crippen LogP contribution in [-0.4, -0.2) is 21.6 Å². The molecule has 0 atom stereocenters. The van der Waals surface area contributed by atoms with Gasteiger partial charge in [0.15, 0.2) is 5.16 Å². The van der Waals surface area contributed by atoms with E-state index in [0.717, 1.165) is 28.4 Å². The van der Waals surface area contributed by atoms with Crippen LogP contribution in [0.25, 0.3) is 11.0 Å². The van der Waals surface area contributed by atoms with Crippen LogP contribution >= 0.6 is 11.8 Å². The molecule has 18 heavy (non-hydrogen) atoms. The van der Waals surface area contributed by atoms with Gasteiger partial charge in [0.2, 0.25) is 5.91 Å². The number of hydrazine groups is 1. The molecule has 1 heterocycles. The number of nitrogens with zero attached hydrogens (tertiary/aromatic N) is 1. The molecule has 0 saturated heterocycles. The molecule has 0 spiro atoms. The van der Waals surface area contributed by atoms with Crippen LogP contribution < -0.4 is 17.0 Å². The number of H-pyrrole nitrogens is 1. The summed E-state index contributed by atoms with van der Waals surface area (Å²) in [5.74, 6) is 5.66. The molecule has 1 aromatic heterocycles. The van der Waals surface area contributed by atoms with Crippen LogP contribution in [0.5, 0.6) is 0 Å². The monoisotopic (exact) mass is 265 g/mol. The van der Waals surface area contributed by atoms with Crippen LogP contribution in [0.3, 0.4) is 0 Å². The van der Waals surface area contributed by atoms with Gasteiger partial charge in [-0.15, -0.1) is 0 Å². The molecule has 0 bridgehead atoms. The third-order valence-electron chi connectivity index (χ3n) is 2.43. The van der Waals surface area contributed by atoms with Gasteiger partial charge in [0, 0.05) is 17.9 Å². The van der Waals surface area contributed by atoms with Gasteiger partial charge >= 0.3 is 0 Å². The number of anilines is 1. The van der Waals surface area contributed by atoms with Crippen LogP contribution in [0.4, 0.5) is 5.69 Å². The number of nitrogens with two attached hydrogens (primary N) is 2. The summed E-state index contributed by atoms with van der Waals surface area (Å²) in [6.45, 7) is 0. The first kappa shape index (κ1) is 12.7. The summed E-state index contributed by atoms with van der Waals surface area (Å²) in [5.41, 5.74) is 10.3. The van der Waals surface area contributed by atoms with E-state index in [2.05, 4.69) is 15.4 Å². The van der Waals surface area contributed by atoms with Crippen molar-refractivity contribution in [2.75, 3.05) is 11.5 Å². The fourth-order valence-corrected chi connectivity index (χ4v) is 2.37. The molecule has 6 N–H and O–H groups in total. The lowest BCUT2D eigenvalue weighted by atomic mass is 10.3. The quantitative estimate of drug-likeness (QED) is 0.161. The first-order valence-electron chi connectivity index (χ1n) is 5.56. The van der Waals surface area contributed by atoms with Gasteiger partial charge in [0.05, 0.1) is 11.0 Å². The number of nitrogen functional groups attached to an aromatic ring is 1. The summed E-state index contributed by atoms with van der Waals surface area (Å²) in [6, 6.07) is 5.56. The van der Waals surface area contributed by atoms with E-state index < -0.39 is 0 Å². The van der Waals surface area contributed by atoms with Crippen LogP contribution in [0.2, 0.25) is 0 Å². The van der Waals surface area contributed by atoms with Crippen molar-refractivity contribution in [1.82, 2.24) is 15.4 Å². The molecule has 2 aromatic rings. The molecule has 1 amide bonds. The number of aromatic nitrogens is 2. The fraction of sp³-hybridized carbons (Fsp3) is 0.273. The number of hydrogen-bond donors (Lipinski definition) is 4. The van der Waals surface area contributed by atoms with Crippen molar-refractivity contribution < 1.29 is 4.79 Å². The maximum absolute atomic E-state index is 10.9. The van der Waals surface area contributed by atoms with Gasteiger partial charge in [-0.2, -0.15) is 0 Å². The van der Waals surface area contributed by atoms with Gasteiger partial charge in [-0.3, -0.25) is 10.2 Å². The van der Waals surface area contributed by atoms with Gasteiger partial charge in [-0.05, 0) is 24.6 Å². The van der Waals surface area contributed by atoms with Crippen LogP contribution in [0, 0.1) is 0 Å². The normalized spacial score (nSPS) is 10.7. The number of hydrogen-bond acceptors (Lipinski definition) is 5. The third kappa shape index (κ3) is 3.14. The van der Waals surface area contributed by atoms with Crippen molar-refractivity contribution in [2.24, 2.45) is 5.84 Å². The largest absolute Gasteiger partial charge is 0.399 e. The summed E-state index contributed by atoms with van der Waals surface area (Å²) in [5, 5.41) is 0.837. The SMILES string of the molecule is NNC(=O)CCCSc1nc2ccc(N)cc2[nH]1. The Morgan fingerprint density at radius 1 is 1.50 bits per heavy atom. The maximum atomic E-state index is 10.9. The Morgan fingerprint density at radius 2 is 2.33 bits per heavy atom. The second-order valence-electron chi connectivity index (χ2n) is 3.84. The van der Waals surface area contributed by atoms with Gasteiger partial charge in [0.1, 0.15) is 0 Å². The minimum Gasteiger partial charge on any atom is -0.399 e. The number of aromatic amines is 1. The number of nitrogens with one attached hydrogen (secondary N) is 2. The van der Waals surface area contributed by atoms with Gasteiger partial charge < -0.3 is 10.7 Å². The Labute approximate surface area is 108 Å². The van der Waals surface area contributed by atoms with Crippen molar-refractivity contribution in [3.05, 3.63) is 18.2 Å². The summed E-state index contributed by atoms with van der Waals surface area (Å²) in [7, 11) is 0. The molecule has 0 saturated carbocycles. The van der Waals surface area contributed by atoms with E-state index in [-0.39, 0.29) is 5.91 Å². The standard InChI is InChI=1S/C11H15N5OS/c12-7-3-4-8-9(6-7)15-11(14-8)18-5-1-2-10(17)16-13/h3-4,6H,1-2,5,12-13H2,(H,14,15)(H,16,17). The first-order chi connectivity index (χ1) is 8.69. The maximum Gasteiger partial charge on any atom is 0.233 e. The van der Waals surface area contributed by atoms with Crippen molar-refractivity contribution in [3.63, 3.8) is 0 Å². The molecule has 0 fully saturated rings. The van der Waals surface area contributed by atoms with Crippen LogP contribution in [0.1, 0.15) is 12.8 Å². The topological polar surface area (TPSA) is 110 Å². The minimum atomic E-state index is -0.145. The van der Waals surface area contributed by atoms with Crippen molar-refractivity contribution >= 4 is 34.4 Å². The predicted molar refractivity (Wildman–Crippen MR) is 72.8 cm³/mol. The predicted octanol–water partition coefficient (Wildman–Crippen LogP) is 1.01. The molecule has 0 radical (unpaired) electrons. The summed E-state index contributed by atoms with van der Waals surface area (Å²) < 4.78 is 0. The smallest absolute Gasteiger partial charge is 0.233 e. The van der Waals surface area contributed by atoms with Crippen LogP contribution in [0.15, 0.2) is 23.4 Å². The molecular formula is C11H15N5OS. The zero-order valence-electron chi connectivity index (χ0n) is 9.77. The average Bonchev–Trinajstić information content (AvgIpc) is 2.76. The van der Waals surface area contributed by atoms with E-state index in [4.69, 9.17) is 11.6 Å². The summed E-state index contributed by atoms with van der Waals surface area (Å²) in [4.78, 5) is 18.5. The Kier molecular flexibility index (Phi) is 4.06. The molecule has 6 nitrogen and oxygen atoms in total. The Balaban J connectivity index is 1.90. The molecule has 1 aromatic carbocycles. The summed E-state index contributed by atoms with van der Waals surface area (Å²) in [6.07, 6.45) is 1.18. The van der Waals surface area contributed by atoms with E-state index in [0.29, 0.717) is 12.1 Å². The van der Waals surface area contributed by atoms with E-state index in [9.17, 15) is 4.79 Å². The molecule has 2 rings (SSSR count). The Morgan fingerprint density at radius 3 is 3.11 bits per heavy atom. The Bertz CT molecular complexity index is 553. The Hall–Kier alpha value is -1.73. The second kappa shape index (κ2) is 5.74. The van der Waals surface area contributed by atoms with E-state index in [1.807, 2.05) is 18.2 Å². The number of rotatable bonds is 5. The average molecular weight is 265 g/mol. The molecule has 0 aliphatic rings. The molecule has 96 valence electrons. The lowest BCUT2D eigenvalue weighted by molar-refractivity contribution is -0.121. The summed E-state index contributed by atoms with van der Waals surface area (Å²) >= 11 is 1.58. The molecule has 0 aliphatic carbocycles. The number of carbonyl (C=O) groups is 1. The highest BCUT2D eigenvalue weighted by atomic mass is 32.2. The molecule has 0 unspecified atom stereocenters. The van der Waals surface area contributed by atoms with Crippen molar-refractivity contribution in [1.29, 1.82) is 0 Å². The highest BCUT2D eigenvalue weighted by Gasteiger charge is 2.04. The zero-order chi connectivity index (χ0) is 13.0. The number of amides is 1. The number of imidazole rings is 1. The van der Waals surface area contributed by atoms with E-state index in [1.165, 1.54) is 0 Å². The number of thioether (sulfide) groups is 1. The van der Waals surface area contributed by atoms with Crippen molar-refractivity contribution in [3.8, 4) is 0 Å². The van der Waals surface area contributed by atoms with Crippen LogP contribution in [-0.2, 0) is 4.79 Å². The third-order valence-corrected chi connectivity index (χ3v) is 3.39. The zero-order valence-corrected chi connectivity index (χ0v) is 10.6. The van der Waals surface area contributed by atoms with E-state index in [1.54, 1.807) is 11.8 Å². The lowest BCUT2D eigenvalue weighted by Crippen LogP contribution is -2.29. The number of fused-ring (bicyclic) bond motifs is 1. The first-order valence-corrected chi connectivity index (χ1v) is 6.55. The second-order valence-corrected chi connectivity index (χ2v) is 4.92. The minimum absolute atomic E-state index is 0.145. The van der Waals surface area contributed by atoms with Gasteiger partial charge in [0.25, 0.3) is 0 Å². The number of benzene rings is 1. The number of carbonyl (C=O) groups excluding carboxylic acids is 1. The van der Waals surface area contributed by atoms with Gasteiger partial charge in [-0.25, -0.2) is 10.8 Å². The van der Waals surface area contributed by atoms with Crippen molar-refractivity contribution in [2.45, 2.75) is 18.0 Å². The fourth-order valence-electron chi connectivity index (χ4n) is 1.55. The van der Waals surface area contributed by atoms with Gasteiger partial charge in [-0.1, -0.05) is 11.8 Å². The molecular weight excluding hydrogens is 250 g/mol. The van der Waals surface area contributed by atoms with E-state index >= 15 is 0 Å². The highest BCUT2D eigenvalue weighted by molar-refractivity contribution is 7.99. The molecule has 0 aliphatic heterocycles.